The van der Waals surface area contributed by atoms with Gasteiger partial charge in [-0.2, -0.15) is 0 Å². The molecule has 0 unspecified atom stereocenters. The smallest absolute Gasteiger partial charge is 0.328 e. The summed E-state index contributed by atoms with van der Waals surface area (Å²) in [6.07, 6.45) is 1.51. The number of rotatable bonds is 3. The van der Waals surface area contributed by atoms with Gasteiger partial charge in [-0.15, -0.1) is 0 Å². The lowest BCUT2D eigenvalue weighted by atomic mass is 10.1. The van der Waals surface area contributed by atoms with Crippen LogP contribution in [-0.4, -0.2) is 15.7 Å². The maximum atomic E-state index is 11.9. The molecule has 0 saturated carbocycles. The van der Waals surface area contributed by atoms with Gasteiger partial charge in [-0.1, -0.05) is 0 Å². The summed E-state index contributed by atoms with van der Waals surface area (Å²) in [6, 6.07) is 1.39. The van der Waals surface area contributed by atoms with Crippen LogP contribution in [0.1, 0.15) is 20.8 Å². The summed E-state index contributed by atoms with van der Waals surface area (Å²) in [4.78, 5) is 23.5. The molecule has 0 aliphatic rings. The highest BCUT2D eigenvalue weighted by molar-refractivity contribution is 4.92. The first-order valence-electron chi connectivity index (χ1n) is 4.97. The number of aryl methyl sites for hydroxylation is 1. The highest BCUT2D eigenvalue weighted by Gasteiger charge is 2.22. The topological polar surface area (TPSA) is 70.0 Å². The molecule has 0 aliphatic carbocycles. The van der Waals surface area contributed by atoms with E-state index >= 15 is 0 Å². The number of hydrogen-bond donors (Lipinski definition) is 1. The molecule has 84 valence electrons. The van der Waals surface area contributed by atoms with Gasteiger partial charge in [0.05, 0.1) is 5.54 Å². The third-order valence-corrected chi connectivity index (χ3v) is 2.50. The largest absolute Gasteiger partial charge is 0.331 e. The molecule has 5 nitrogen and oxygen atoms in total. The minimum atomic E-state index is -0.646. The first kappa shape index (κ1) is 11.7. The van der Waals surface area contributed by atoms with Gasteiger partial charge in [-0.05, 0) is 20.8 Å². The molecule has 0 radical (unpaired) electrons. The van der Waals surface area contributed by atoms with Crippen LogP contribution in [-0.2, 0) is 12.1 Å². The maximum Gasteiger partial charge on any atom is 0.331 e. The Hall–Kier alpha value is -1.36. The van der Waals surface area contributed by atoms with Crippen molar-refractivity contribution in [2.45, 2.75) is 32.9 Å². The van der Waals surface area contributed by atoms with Crippen LogP contribution in [0.5, 0.6) is 0 Å². The van der Waals surface area contributed by atoms with Crippen LogP contribution in [0.3, 0.4) is 0 Å². The lowest BCUT2D eigenvalue weighted by Crippen LogP contribution is -2.51. The monoisotopic (exact) mass is 211 g/mol. The van der Waals surface area contributed by atoms with Gasteiger partial charge in [0, 0.05) is 25.4 Å². The molecule has 0 saturated heterocycles. The third-order valence-electron chi connectivity index (χ3n) is 2.50. The van der Waals surface area contributed by atoms with Crippen LogP contribution in [0.4, 0.5) is 0 Å². The lowest BCUT2D eigenvalue weighted by Gasteiger charge is -2.25. The average molecular weight is 211 g/mol. The van der Waals surface area contributed by atoms with Gasteiger partial charge in [-0.25, -0.2) is 4.79 Å². The Kier molecular flexibility index (Phi) is 3.14. The highest BCUT2D eigenvalue weighted by Crippen LogP contribution is 2.06. The fraction of sp³-hybridized carbons (Fsp3) is 0.600. The van der Waals surface area contributed by atoms with Gasteiger partial charge in [0.2, 0.25) is 0 Å². The first-order chi connectivity index (χ1) is 6.94. The molecular formula is C10H17N3O2. The normalized spacial score (nSPS) is 11.7. The fourth-order valence-electron chi connectivity index (χ4n) is 1.40. The quantitative estimate of drug-likeness (QED) is 0.747. The number of nitrogens with two attached hydrogens (primary N) is 1. The van der Waals surface area contributed by atoms with E-state index in [1.165, 1.54) is 21.4 Å². The molecule has 15 heavy (non-hydrogen) atoms. The number of hydrogen-bond acceptors (Lipinski definition) is 3. The van der Waals surface area contributed by atoms with Gasteiger partial charge in [-0.3, -0.25) is 9.36 Å². The summed E-state index contributed by atoms with van der Waals surface area (Å²) in [5.41, 5.74) is 4.30. The van der Waals surface area contributed by atoms with E-state index in [-0.39, 0.29) is 17.8 Å². The number of nitrogens with zero attached hydrogens (tertiary/aromatic N) is 2. The Morgan fingerprint density at radius 1 is 1.40 bits per heavy atom. The summed E-state index contributed by atoms with van der Waals surface area (Å²) in [5, 5.41) is 0. The predicted molar refractivity (Wildman–Crippen MR) is 59.0 cm³/mol. The Morgan fingerprint density at radius 2 is 2.00 bits per heavy atom. The molecule has 2 N–H and O–H groups in total. The molecular weight excluding hydrogens is 194 g/mol. The van der Waals surface area contributed by atoms with Gasteiger partial charge < -0.3 is 10.3 Å². The molecule has 0 bridgehead atoms. The molecule has 1 aromatic heterocycles. The molecule has 0 spiro atoms. The Labute approximate surface area is 88.1 Å². The summed E-state index contributed by atoms with van der Waals surface area (Å²) in [5.74, 6) is 0. The van der Waals surface area contributed by atoms with E-state index < -0.39 is 5.54 Å². The Bertz CT molecular complexity index is 456. The zero-order valence-electron chi connectivity index (χ0n) is 9.36. The van der Waals surface area contributed by atoms with Crippen molar-refractivity contribution in [2.24, 2.45) is 5.73 Å². The van der Waals surface area contributed by atoms with E-state index in [1.807, 2.05) is 6.92 Å². The van der Waals surface area contributed by atoms with Crippen LogP contribution >= 0.6 is 0 Å². The predicted octanol–water partition coefficient (Wildman–Crippen LogP) is -0.276. The second-order valence-corrected chi connectivity index (χ2v) is 4.07. The SMILES string of the molecule is CCn1ccc(=O)n(C(C)(C)CN)c1=O. The third kappa shape index (κ3) is 2.02. The summed E-state index contributed by atoms with van der Waals surface area (Å²) >= 11 is 0. The van der Waals surface area contributed by atoms with Gasteiger partial charge in [0.1, 0.15) is 0 Å². The first-order valence-corrected chi connectivity index (χ1v) is 4.97. The van der Waals surface area contributed by atoms with Crippen LogP contribution in [0.2, 0.25) is 0 Å². The minimum absolute atomic E-state index is 0.246. The molecule has 1 rings (SSSR count). The zero-order chi connectivity index (χ0) is 11.6. The molecule has 5 heteroatoms. The average Bonchev–Trinajstić information content (AvgIpc) is 2.18. The van der Waals surface area contributed by atoms with Gasteiger partial charge >= 0.3 is 5.69 Å². The zero-order valence-corrected chi connectivity index (χ0v) is 9.36. The van der Waals surface area contributed by atoms with Crippen molar-refractivity contribution in [3.63, 3.8) is 0 Å². The maximum absolute atomic E-state index is 11.9. The van der Waals surface area contributed by atoms with Crippen molar-refractivity contribution in [1.82, 2.24) is 9.13 Å². The summed E-state index contributed by atoms with van der Waals surface area (Å²) < 4.78 is 2.69. The fourth-order valence-corrected chi connectivity index (χ4v) is 1.40. The van der Waals surface area contributed by atoms with E-state index in [9.17, 15) is 9.59 Å². The van der Waals surface area contributed by atoms with Gasteiger partial charge in [0.15, 0.2) is 0 Å². The van der Waals surface area contributed by atoms with Crippen LogP contribution < -0.4 is 17.0 Å². The molecule has 0 aliphatic heterocycles. The van der Waals surface area contributed by atoms with Crippen molar-refractivity contribution in [1.29, 1.82) is 0 Å². The molecule has 1 aromatic rings. The van der Waals surface area contributed by atoms with Crippen molar-refractivity contribution >= 4 is 0 Å². The second-order valence-electron chi connectivity index (χ2n) is 4.07. The van der Waals surface area contributed by atoms with E-state index in [0.717, 1.165) is 0 Å². The van der Waals surface area contributed by atoms with Crippen molar-refractivity contribution < 1.29 is 0 Å². The summed E-state index contributed by atoms with van der Waals surface area (Å²) in [6.45, 7) is 6.19. The van der Waals surface area contributed by atoms with E-state index in [4.69, 9.17) is 5.73 Å². The second kappa shape index (κ2) is 4.02. The standard InChI is InChI=1S/C10H17N3O2/c1-4-12-6-5-8(14)13(9(12)15)10(2,3)7-11/h5-6H,4,7,11H2,1-3H3. The van der Waals surface area contributed by atoms with Crippen molar-refractivity contribution in [3.8, 4) is 0 Å². The highest BCUT2D eigenvalue weighted by atomic mass is 16.2. The van der Waals surface area contributed by atoms with E-state index in [2.05, 4.69) is 0 Å². The van der Waals surface area contributed by atoms with Crippen molar-refractivity contribution in [3.05, 3.63) is 33.1 Å². The molecule has 0 fully saturated rings. The Morgan fingerprint density at radius 3 is 2.47 bits per heavy atom. The Balaban J connectivity index is 3.54. The summed E-state index contributed by atoms with van der Waals surface area (Å²) in [7, 11) is 0. The van der Waals surface area contributed by atoms with Crippen LogP contribution in [0.15, 0.2) is 21.9 Å². The van der Waals surface area contributed by atoms with Gasteiger partial charge in [0.25, 0.3) is 5.56 Å². The molecule has 1 heterocycles. The molecule has 0 aromatic carbocycles. The van der Waals surface area contributed by atoms with Crippen LogP contribution in [0, 0.1) is 0 Å². The van der Waals surface area contributed by atoms with Crippen molar-refractivity contribution in [2.75, 3.05) is 6.54 Å². The molecule has 0 amide bonds. The molecule has 0 atom stereocenters. The van der Waals surface area contributed by atoms with Crippen LogP contribution in [0.25, 0.3) is 0 Å². The van der Waals surface area contributed by atoms with E-state index in [0.29, 0.717) is 6.54 Å². The van der Waals surface area contributed by atoms with E-state index in [1.54, 1.807) is 13.8 Å². The number of aromatic nitrogens is 2. The lowest BCUT2D eigenvalue weighted by molar-refractivity contribution is 0.330. The minimum Gasteiger partial charge on any atom is -0.328 e.